The summed E-state index contributed by atoms with van der Waals surface area (Å²) < 4.78 is 33.2. The van der Waals surface area contributed by atoms with Crippen molar-refractivity contribution in [2.75, 3.05) is 26.4 Å². The number of ether oxygens (including phenoxy) is 2. The first-order valence-electron chi connectivity index (χ1n) is 21.8. The van der Waals surface area contributed by atoms with E-state index in [1.807, 2.05) is 12.2 Å². The topological polar surface area (TPSA) is 178 Å². The lowest BCUT2D eigenvalue weighted by molar-refractivity contribution is -0.147. The minimum atomic E-state index is -4.32. The van der Waals surface area contributed by atoms with Crippen LogP contribution < -0.4 is 5.73 Å². The Hall–Kier alpha value is -1.56. The van der Waals surface area contributed by atoms with Gasteiger partial charge in [-0.1, -0.05) is 122 Å². The van der Waals surface area contributed by atoms with Gasteiger partial charge in [0.25, 0.3) is 0 Å². The molecule has 0 radical (unpaired) electrons. The molecule has 6 N–H and O–H groups in total. The fourth-order valence-corrected chi connectivity index (χ4v) is 7.66. The summed E-state index contributed by atoms with van der Waals surface area (Å²) in [6, 6.07) is 0. The number of carbonyl (C=O) groups excluding carboxylic acids is 1. The predicted molar refractivity (Wildman–Crippen MR) is 221 cm³/mol. The van der Waals surface area contributed by atoms with Crippen LogP contribution in [0.15, 0.2) is 36.6 Å². The monoisotopic (exact) mass is 802 g/mol. The largest absolute Gasteiger partial charge is 0.492 e. The molecule has 322 valence electrons. The summed E-state index contributed by atoms with van der Waals surface area (Å²) >= 11 is 0. The van der Waals surface area contributed by atoms with E-state index in [1.54, 1.807) is 6.08 Å². The Kier molecular flexibility index (Phi) is 32.3. The van der Waals surface area contributed by atoms with Crippen LogP contribution in [0.5, 0.6) is 0 Å². The van der Waals surface area contributed by atoms with Crippen LogP contribution >= 0.6 is 7.82 Å². The van der Waals surface area contributed by atoms with E-state index in [-0.39, 0.29) is 44.6 Å². The summed E-state index contributed by atoms with van der Waals surface area (Å²) in [5.74, 6) is -0.619. The molecular formula is C43H80NO10P. The maximum atomic E-state index is 12.5. The lowest BCUT2D eigenvalue weighted by atomic mass is 9.88. The molecule has 0 aromatic carbocycles. The summed E-state index contributed by atoms with van der Waals surface area (Å²) in [5.41, 5.74) is 5.36. The Labute approximate surface area is 334 Å². The van der Waals surface area contributed by atoms with E-state index in [1.165, 1.54) is 64.0 Å². The molecular weight excluding hydrogens is 721 g/mol. The van der Waals surface area contributed by atoms with Crippen LogP contribution in [-0.2, 0) is 27.9 Å². The highest BCUT2D eigenvalue weighted by Crippen LogP contribution is 2.43. The molecule has 11 nitrogen and oxygen atoms in total. The van der Waals surface area contributed by atoms with Gasteiger partial charge in [0.1, 0.15) is 6.61 Å². The van der Waals surface area contributed by atoms with Crippen molar-refractivity contribution >= 4 is 13.8 Å². The van der Waals surface area contributed by atoms with Crippen molar-refractivity contribution in [1.82, 2.24) is 0 Å². The van der Waals surface area contributed by atoms with Crippen molar-refractivity contribution in [3.8, 4) is 0 Å². The molecule has 0 saturated heterocycles. The van der Waals surface area contributed by atoms with E-state index in [0.717, 1.165) is 70.6 Å². The number of hydrogen-bond acceptors (Lipinski definition) is 10. The van der Waals surface area contributed by atoms with Crippen molar-refractivity contribution in [2.45, 2.75) is 192 Å². The van der Waals surface area contributed by atoms with E-state index in [2.05, 4.69) is 26.0 Å². The van der Waals surface area contributed by atoms with Gasteiger partial charge in [0.15, 0.2) is 6.10 Å². The van der Waals surface area contributed by atoms with E-state index in [0.29, 0.717) is 19.3 Å². The van der Waals surface area contributed by atoms with Gasteiger partial charge in [-0.25, -0.2) is 4.57 Å². The van der Waals surface area contributed by atoms with Crippen molar-refractivity contribution in [2.24, 2.45) is 17.6 Å². The Balaban J connectivity index is 2.35. The summed E-state index contributed by atoms with van der Waals surface area (Å²) in [4.78, 5) is 22.4. The fourth-order valence-electron chi connectivity index (χ4n) is 6.89. The maximum Gasteiger partial charge on any atom is 0.472 e. The molecule has 1 rings (SSSR count). The minimum absolute atomic E-state index is 0.0564. The zero-order valence-electron chi connectivity index (χ0n) is 34.5. The number of aliphatic hydroxyl groups is 3. The number of aliphatic hydroxyl groups excluding tert-OH is 3. The third kappa shape index (κ3) is 28.5. The lowest BCUT2D eigenvalue weighted by Gasteiger charge is -2.21. The highest BCUT2D eigenvalue weighted by atomic mass is 31.2. The van der Waals surface area contributed by atoms with Crippen LogP contribution in [0.4, 0.5) is 0 Å². The lowest BCUT2D eigenvalue weighted by Crippen LogP contribution is -2.25. The van der Waals surface area contributed by atoms with Crippen LogP contribution in [0, 0.1) is 11.8 Å². The Morgan fingerprint density at radius 2 is 1.38 bits per heavy atom. The van der Waals surface area contributed by atoms with Crippen LogP contribution in [0.25, 0.3) is 0 Å². The molecule has 0 heterocycles. The van der Waals surface area contributed by atoms with Crippen LogP contribution in [0.3, 0.4) is 0 Å². The second-order valence-corrected chi connectivity index (χ2v) is 16.7. The highest BCUT2D eigenvalue weighted by Gasteiger charge is 2.39. The molecule has 0 bridgehead atoms. The summed E-state index contributed by atoms with van der Waals surface area (Å²) in [6.07, 6.45) is 33.2. The van der Waals surface area contributed by atoms with Crippen molar-refractivity contribution in [3.63, 3.8) is 0 Å². The van der Waals surface area contributed by atoms with Crippen molar-refractivity contribution in [1.29, 1.82) is 0 Å². The van der Waals surface area contributed by atoms with E-state index in [9.17, 15) is 29.6 Å². The van der Waals surface area contributed by atoms with Gasteiger partial charge in [-0.2, -0.15) is 0 Å². The number of carbonyl (C=O) groups is 1. The SMILES string of the molecule is CCCCCCCC/C=C\CCCCCC/C=C/O[C@H](COC(=O)CCCCCC[C@@H]1[C@@H](/C=C/[C@@H](O)CCCCC)[C@H](O)C[C@@H]1O)COP(=O)(O)OCCN. The zero-order valence-corrected chi connectivity index (χ0v) is 35.4. The molecule has 1 unspecified atom stereocenters. The van der Waals surface area contributed by atoms with Crippen LogP contribution in [-0.4, -0.2) is 77.0 Å². The first-order valence-corrected chi connectivity index (χ1v) is 23.3. The van der Waals surface area contributed by atoms with Crippen LogP contribution in [0.1, 0.15) is 168 Å². The number of unbranched alkanes of at least 4 members (excludes halogenated alkanes) is 16. The molecule has 1 aliphatic carbocycles. The summed E-state index contributed by atoms with van der Waals surface area (Å²) in [6.45, 7) is 3.86. The third-order valence-corrected chi connectivity index (χ3v) is 11.2. The van der Waals surface area contributed by atoms with Gasteiger partial charge in [-0.15, -0.1) is 0 Å². The number of phosphoric ester groups is 1. The highest BCUT2D eigenvalue weighted by molar-refractivity contribution is 7.47. The van der Waals surface area contributed by atoms with Gasteiger partial charge in [0.05, 0.1) is 37.8 Å². The van der Waals surface area contributed by atoms with E-state index >= 15 is 0 Å². The molecule has 0 aromatic rings. The average Bonchev–Trinajstić information content (AvgIpc) is 3.43. The Morgan fingerprint density at radius 1 is 0.782 bits per heavy atom. The Bertz CT molecular complexity index is 1060. The van der Waals surface area contributed by atoms with Gasteiger partial charge in [-0.05, 0) is 69.8 Å². The molecule has 0 spiro atoms. The quantitative estimate of drug-likeness (QED) is 0.0133. The van der Waals surface area contributed by atoms with Crippen molar-refractivity contribution in [3.05, 3.63) is 36.6 Å². The number of rotatable bonds is 37. The molecule has 0 aliphatic heterocycles. The first-order chi connectivity index (χ1) is 26.6. The predicted octanol–water partition coefficient (Wildman–Crippen LogP) is 9.36. The number of allylic oxidation sites excluding steroid dienone is 3. The number of phosphoric acid groups is 1. The van der Waals surface area contributed by atoms with Crippen molar-refractivity contribution < 1.29 is 48.1 Å². The van der Waals surface area contributed by atoms with Gasteiger partial charge in [0.2, 0.25) is 0 Å². The summed E-state index contributed by atoms with van der Waals surface area (Å²) in [5, 5.41) is 31.3. The molecule has 55 heavy (non-hydrogen) atoms. The van der Waals surface area contributed by atoms with E-state index in [4.69, 9.17) is 24.3 Å². The van der Waals surface area contributed by atoms with E-state index < -0.39 is 38.2 Å². The standard InChI is InChI=1S/C43H80NO10P/c1-3-5-7-8-9-10-11-12-13-14-15-16-17-18-21-25-32-51-38(36-54-55(49,50)53-33-31-44)35-52-43(48)28-24-20-19-23-27-39-40(42(47)34-41(39)46)30-29-37(45)26-22-6-4-2/h12-13,25,29-30,32,37-42,45-47H,3-11,14-24,26-28,31,33-36,44H2,1-2H3,(H,49,50)/b13-12-,30-29+,32-25+/t37-,38+,39+,40+,41-,42+/m0/s1. The zero-order chi connectivity index (χ0) is 40.4. The second-order valence-electron chi connectivity index (χ2n) is 15.2. The van der Waals surface area contributed by atoms with Gasteiger partial charge >= 0.3 is 13.8 Å². The molecule has 7 atom stereocenters. The minimum Gasteiger partial charge on any atom is -0.492 e. The average molecular weight is 802 g/mol. The Morgan fingerprint density at radius 3 is 2.05 bits per heavy atom. The normalized spacial score (nSPS) is 21.1. The smallest absolute Gasteiger partial charge is 0.472 e. The number of esters is 1. The number of hydrogen-bond donors (Lipinski definition) is 5. The molecule has 1 fully saturated rings. The van der Waals surface area contributed by atoms with Gasteiger partial charge < -0.3 is 35.4 Å². The maximum absolute atomic E-state index is 12.5. The molecule has 1 saturated carbocycles. The van der Waals surface area contributed by atoms with Gasteiger partial charge in [0, 0.05) is 25.3 Å². The van der Waals surface area contributed by atoms with Crippen LogP contribution in [0.2, 0.25) is 0 Å². The van der Waals surface area contributed by atoms with Gasteiger partial charge in [-0.3, -0.25) is 13.8 Å². The molecule has 0 aromatic heterocycles. The fraction of sp³-hybridized carbons (Fsp3) is 0.837. The molecule has 0 amide bonds. The number of nitrogens with two attached hydrogens (primary N) is 1. The molecule has 1 aliphatic rings. The third-order valence-electron chi connectivity index (χ3n) is 10.2. The first kappa shape index (κ1) is 51.5. The molecule has 12 heteroatoms. The second kappa shape index (κ2) is 34.5. The summed E-state index contributed by atoms with van der Waals surface area (Å²) in [7, 11) is -4.32.